The molecular weight excluding hydrogens is 314 g/mol. The van der Waals surface area contributed by atoms with E-state index in [1.165, 1.54) is 4.31 Å². The van der Waals surface area contributed by atoms with Crippen molar-refractivity contribution in [3.63, 3.8) is 0 Å². The average Bonchev–Trinajstić information content (AvgIpc) is 2.35. The lowest BCUT2D eigenvalue weighted by molar-refractivity contribution is -0.121. The molecule has 1 rings (SSSR count). The van der Waals surface area contributed by atoms with E-state index in [2.05, 4.69) is 5.32 Å². The Morgan fingerprint density at radius 1 is 1.17 bits per heavy atom. The van der Waals surface area contributed by atoms with Crippen LogP contribution in [-0.4, -0.2) is 58.7 Å². The van der Waals surface area contributed by atoms with Gasteiger partial charge in [-0.3, -0.25) is 9.10 Å². The van der Waals surface area contributed by atoms with Gasteiger partial charge in [0.1, 0.15) is 6.04 Å². The number of amides is 1. The van der Waals surface area contributed by atoms with E-state index >= 15 is 0 Å². The number of hydrogen-bond acceptors (Lipinski definition) is 4. The molecule has 0 spiro atoms. The van der Waals surface area contributed by atoms with Gasteiger partial charge in [-0.1, -0.05) is 6.07 Å². The fourth-order valence-corrected chi connectivity index (χ4v) is 3.60. The van der Waals surface area contributed by atoms with Gasteiger partial charge in [0.2, 0.25) is 15.9 Å². The smallest absolute Gasteiger partial charge is 0.243 e. The molecule has 0 aliphatic rings. The van der Waals surface area contributed by atoms with E-state index in [1.54, 1.807) is 19.1 Å². The van der Waals surface area contributed by atoms with Crippen LogP contribution in [0.2, 0.25) is 0 Å². The number of carbonyl (C=O) groups excluding carboxylic acids is 1. The molecule has 0 aliphatic carbocycles. The minimum Gasteiger partial charge on any atom is -0.353 e. The summed E-state index contributed by atoms with van der Waals surface area (Å²) in [6, 6.07) is 4.70. The van der Waals surface area contributed by atoms with Crippen molar-refractivity contribution in [3.8, 4) is 0 Å². The molecule has 1 aromatic rings. The molecule has 6 nitrogen and oxygen atoms in total. The molecule has 0 aliphatic heterocycles. The molecule has 0 saturated carbocycles. The molecule has 130 valence electrons. The number of anilines is 1. The number of hydrogen-bond donors (Lipinski definition) is 1. The maximum atomic E-state index is 12.3. The largest absolute Gasteiger partial charge is 0.353 e. The molecule has 0 saturated heterocycles. The Morgan fingerprint density at radius 2 is 1.70 bits per heavy atom. The molecule has 23 heavy (non-hydrogen) atoms. The standard InChI is InChI=1S/C16H27N3O3S/c1-12-9-13(2)11-15(10-12)19(23(6,21)22)14(3)16(20)17-7-8-18(4)5/h9-11,14H,7-8H2,1-6H3,(H,17,20). The van der Waals surface area contributed by atoms with Crippen LogP contribution in [0.15, 0.2) is 18.2 Å². The molecule has 1 amide bonds. The summed E-state index contributed by atoms with van der Waals surface area (Å²) < 4.78 is 25.6. The van der Waals surface area contributed by atoms with Gasteiger partial charge in [-0.15, -0.1) is 0 Å². The third-order valence-electron chi connectivity index (χ3n) is 3.41. The zero-order valence-corrected chi connectivity index (χ0v) is 15.6. The van der Waals surface area contributed by atoms with Crippen LogP contribution in [-0.2, 0) is 14.8 Å². The van der Waals surface area contributed by atoms with Crippen molar-refractivity contribution < 1.29 is 13.2 Å². The van der Waals surface area contributed by atoms with Crippen LogP contribution in [0.25, 0.3) is 0 Å². The molecular formula is C16H27N3O3S. The Hall–Kier alpha value is -1.60. The fraction of sp³-hybridized carbons (Fsp3) is 0.562. The summed E-state index contributed by atoms with van der Waals surface area (Å²) in [5.74, 6) is -0.309. The van der Waals surface area contributed by atoms with Crippen LogP contribution in [0, 0.1) is 13.8 Å². The predicted octanol–water partition coefficient (Wildman–Crippen LogP) is 1.14. The Morgan fingerprint density at radius 3 is 2.13 bits per heavy atom. The molecule has 0 aromatic heterocycles. The summed E-state index contributed by atoms with van der Waals surface area (Å²) in [6.45, 7) is 6.57. The van der Waals surface area contributed by atoms with Crippen LogP contribution in [0.1, 0.15) is 18.1 Å². The third kappa shape index (κ3) is 5.84. The monoisotopic (exact) mass is 341 g/mol. The van der Waals surface area contributed by atoms with Crippen molar-refractivity contribution in [2.45, 2.75) is 26.8 Å². The van der Waals surface area contributed by atoms with Gasteiger partial charge in [0.15, 0.2) is 0 Å². The first-order valence-electron chi connectivity index (χ1n) is 7.52. The molecule has 0 heterocycles. The van der Waals surface area contributed by atoms with Crippen molar-refractivity contribution in [2.24, 2.45) is 0 Å². The topological polar surface area (TPSA) is 69.7 Å². The number of sulfonamides is 1. The number of aryl methyl sites for hydroxylation is 2. The molecule has 1 aromatic carbocycles. The second-order valence-electron chi connectivity index (χ2n) is 6.18. The summed E-state index contributed by atoms with van der Waals surface area (Å²) in [5, 5.41) is 2.78. The van der Waals surface area contributed by atoms with Crippen molar-refractivity contribution in [1.29, 1.82) is 0 Å². The van der Waals surface area contributed by atoms with E-state index < -0.39 is 16.1 Å². The number of likely N-dealkylation sites (N-methyl/N-ethyl adjacent to an activating group) is 1. The van der Waals surface area contributed by atoms with Crippen LogP contribution in [0.5, 0.6) is 0 Å². The molecule has 1 atom stereocenters. The summed E-state index contributed by atoms with van der Waals surface area (Å²) >= 11 is 0. The molecule has 0 fully saturated rings. The molecule has 1 unspecified atom stereocenters. The summed E-state index contributed by atoms with van der Waals surface area (Å²) in [7, 11) is 0.246. The average molecular weight is 341 g/mol. The molecule has 7 heteroatoms. The molecule has 1 N–H and O–H groups in total. The van der Waals surface area contributed by atoms with Gasteiger partial charge in [0.25, 0.3) is 0 Å². The van der Waals surface area contributed by atoms with Crippen LogP contribution < -0.4 is 9.62 Å². The number of benzene rings is 1. The van der Waals surface area contributed by atoms with Crippen molar-refractivity contribution in [3.05, 3.63) is 29.3 Å². The number of carbonyl (C=O) groups is 1. The maximum Gasteiger partial charge on any atom is 0.243 e. The van der Waals surface area contributed by atoms with Gasteiger partial charge in [-0.25, -0.2) is 8.42 Å². The summed E-state index contributed by atoms with van der Waals surface area (Å²) in [5.41, 5.74) is 2.42. The van der Waals surface area contributed by atoms with Gasteiger partial charge in [-0.2, -0.15) is 0 Å². The highest BCUT2D eigenvalue weighted by molar-refractivity contribution is 7.92. The van der Waals surface area contributed by atoms with Crippen molar-refractivity contribution in [1.82, 2.24) is 10.2 Å². The Bertz CT molecular complexity index is 636. The normalized spacial score (nSPS) is 13.0. The summed E-state index contributed by atoms with van der Waals surface area (Å²) in [6.07, 6.45) is 1.12. The Kier molecular flexibility index (Phi) is 6.58. The van der Waals surface area contributed by atoms with Gasteiger partial charge in [-0.05, 0) is 58.1 Å². The van der Waals surface area contributed by atoms with E-state index in [1.807, 2.05) is 38.9 Å². The fourth-order valence-electron chi connectivity index (χ4n) is 2.44. The lowest BCUT2D eigenvalue weighted by Gasteiger charge is -2.29. The second-order valence-corrected chi connectivity index (χ2v) is 8.03. The SMILES string of the molecule is Cc1cc(C)cc(N(C(C)C(=O)NCCN(C)C)S(C)(=O)=O)c1. The van der Waals surface area contributed by atoms with Crippen LogP contribution in [0.4, 0.5) is 5.69 Å². The highest BCUT2D eigenvalue weighted by Gasteiger charge is 2.29. The van der Waals surface area contributed by atoms with Gasteiger partial charge in [0, 0.05) is 13.1 Å². The first kappa shape index (κ1) is 19.4. The minimum atomic E-state index is -3.58. The quantitative estimate of drug-likeness (QED) is 0.807. The highest BCUT2D eigenvalue weighted by atomic mass is 32.2. The van der Waals surface area contributed by atoms with Crippen molar-refractivity contribution in [2.75, 3.05) is 37.7 Å². The second kappa shape index (κ2) is 7.79. The van der Waals surface area contributed by atoms with Crippen molar-refractivity contribution >= 4 is 21.6 Å². The first-order chi connectivity index (χ1) is 10.5. The molecule has 0 bridgehead atoms. The zero-order valence-electron chi connectivity index (χ0n) is 14.8. The Labute approximate surface area is 139 Å². The summed E-state index contributed by atoms with van der Waals surface area (Å²) in [4.78, 5) is 14.3. The van der Waals surface area contributed by atoms with Gasteiger partial charge < -0.3 is 10.2 Å². The zero-order chi connectivity index (χ0) is 17.8. The maximum absolute atomic E-state index is 12.3. The van der Waals surface area contributed by atoms with E-state index in [9.17, 15) is 13.2 Å². The number of rotatable bonds is 7. The number of nitrogens with one attached hydrogen (secondary N) is 1. The lowest BCUT2D eigenvalue weighted by atomic mass is 10.1. The Balaban J connectivity index is 3.05. The van der Waals surface area contributed by atoms with Crippen LogP contribution in [0.3, 0.4) is 0 Å². The highest BCUT2D eigenvalue weighted by Crippen LogP contribution is 2.23. The van der Waals surface area contributed by atoms with Gasteiger partial charge >= 0.3 is 0 Å². The number of nitrogens with zero attached hydrogens (tertiary/aromatic N) is 2. The third-order valence-corrected chi connectivity index (χ3v) is 4.65. The van der Waals surface area contributed by atoms with E-state index in [0.29, 0.717) is 18.8 Å². The van der Waals surface area contributed by atoms with Gasteiger partial charge in [0.05, 0.1) is 11.9 Å². The minimum absolute atomic E-state index is 0.309. The predicted molar refractivity (Wildman–Crippen MR) is 94.3 cm³/mol. The lowest BCUT2D eigenvalue weighted by Crippen LogP contribution is -2.48. The van der Waals surface area contributed by atoms with E-state index in [0.717, 1.165) is 17.4 Å². The molecule has 0 radical (unpaired) electrons. The first-order valence-corrected chi connectivity index (χ1v) is 9.37. The van der Waals surface area contributed by atoms with Crippen LogP contribution >= 0.6 is 0 Å². The van der Waals surface area contributed by atoms with E-state index in [4.69, 9.17) is 0 Å². The van der Waals surface area contributed by atoms with E-state index in [-0.39, 0.29) is 5.91 Å².